The molecule has 1 aromatic heterocycles. The van der Waals surface area contributed by atoms with Crippen LogP contribution in [0.3, 0.4) is 0 Å². The molecular formula is C13H17BrN2O. The highest BCUT2D eigenvalue weighted by Gasteiger charge is 2.24. The van der Waals surface area contributed by atoms with Gasteiger partial charge in [-0.05, 0) is 40.8 Å². The van der Waals surface area contributed by atoms with Crippen LogP contribution in [0.5, 0.6) is 5.75 Å². The Bertz CT molecular complexity index is 404. The van der Waals surface area contributed by atoms with E-state index in [1.165, 1.54) is 25.7 Å². The van der Waals surface area contributed by atoms with Gasteiger partial charge >= 0.3 is 0 Å². The van der Waals surface area contributed by atoms with Crippen LogP contribution < -0.4 is 9.64 Å². The van der Waals surface area contributed by atoms with Crippen LogP contribution in [-0.2, 0) is 0 Å². The van der Waals surface area contributed by atoms with Crippen LogP contribution in [-0.4, -0.2) is 24.7 Å². The number of halogens is 1. The molecule has 1 aliphatic carbocycles. The fraction of sp³-hybridized carbons (Fsp3) is 0.615. The van der Waals surface area contributed by atoms with Crippen molar-refractivity contribution in [2.45, 2.75) is 25.7 Å². The van der Waals surface area contributed by atoms with Crippen LogP contribution in [0.1, 0.15) is 25.7 Å². The summed E-state index contributed by atoms with van der Waals surface area (Å²) < 4.78 is 6.65. The predicted molar refractivity (Wildman–Crippen MR) is 71.6 cm³/mol. The van der Waals surface area contributed by atoms with Gasteiger partial charge in [0.1, 0.15) is 6.61 Å². The summed E-state index contributed by atoms with van der Waals surface area (Å²) in [6, 6.07) is 2.02. The van der Waals surface area contributed by atoms with Crippen LogP contribution in [0.4, 0.5) is 5.82 Å². The summed E-state index contributed by atoms with van der Waals surface area (Å²) in [7, 11) is 0. The molecule has 0 radical (unpaired) electrons. The standard InChI is InChI=1S/C13H17BrN2O/c14-11-7-12-13(15-8-11)16(5-6-17-12)9-10-3-1-2-4-10/h7-8,10H,1-6,9H2. The van der Waals surface area contributed by atoms with Crippen molar-refractivity contribution in [2.75, 3.05) is 24.6 Å². The number of ether oxygens (including phenoxy) is 1. The van der Waals surface area contributed by atoms with Crippen molar-refractivity contribution < 1.29 is 4.74 Å². The Kier molecular flexibility index (Phi) is 3.23. The Morgan fingerprint density at radius 2 is 2.24 bits per heavy atom. The maximum atomic E-state index is 5.66. The Hall–Kier alpha value is -0.770. The van der Waals surface area contributed by atoms with E-state index in [0.29, 0.717) is 0 Å². The zero-order valence-corrected chi connectivity index (χ0v) is 11.4. The number of hydrogen-bond donors (Lipinski definition) is 0. The van der Waals surface area contributed by atoms with Gasteiger partial charge in [0.15, 0.2) is 11.6 Å². The highest BCUT2D eigenvalue weighted by Crippen LogP contribution is 2.34. The zero-order chi connectivity index (χ0) is 11.7. The first-order chi connectivity index (χ1) is 8.33. The summed E-state index contributed by atoms with van der Waals surface area (Å²) in [6.07, 6.45) is 7.41. The van der Waals surface area contributed by atoms with Gasteiger partial charge in [-0.15, -0.1) is 0 Å². The van der Waals surface area contributed by atoms with Crippen molar-refractivity contribution in [2.24, 2.45) is 5.92 Å². The van der Waals surface area contributed by atoms with Crippen molar-refractivity contribution in [1.29, 1.82) is 0 Å². The maximum absolute atomic E-state index is 5.66. The van der Waals surface area contributed by atoms with Crippen LogP contribution in [0.15, 0.2) is 16.7 Å². The van der Waals surface area contributed by atoms with Gasteiger partial charge in [-0.2, -0.15) is 0 Å². The van der Waals surface area contributed by atoms with E-state index < -0.39 is 0 Å². The van der Waals surface area contributed by atoms with E-state index in [-0.39, 0.29) is 0 Å². The van der Waals surface area contributed by atoms with Crippen molar-refractivity contribution in [3.8, 4) is 5.75 Å². The summed E-state index contributed by atoms with van der Waals surface area (Å²) >= 11 is 3.44. The highest BCUT2D eigenvalue weighted by molar-refractivity contribution is 9.10. The Morgan fingerprint density at radius 1 is 1.41 bits per heavy atom. The first-order valence-electron chi connectivity index (χ1n) is 6.36. The van der Waals surface area contributed by atoms with Crippen molar-refractivity contribution >= 4 is 21.7 Å². The summed E-state index contributed by atoms with van der Waals surface area (Å²) in [6.45, 7) is 2.89. The quantitative estimate of drug-likeness (QED) is 0.838. The van der Waals surface area contributed by atoms with Gasteiger partial charge in [0.2, 0.25) is 0 Å². The molecule has 3 rings (SSSR count). The monoisotopic (exact) mass is 296 g/mol. The number of rotatable bonds is 2. The lowest BCUT2D eigenvalue weighted by Gasteiger charge is -2.32. The molecule has 1 saturated carbocycles. The fourth-order valence-electron chi connectivity index (χ4n) is 2.81. The maximum Gasteiger partial charge on any atom is 0.171 e. The largest absolute Gasteiger partial charge is 0.488 e. The van der Waals surface area contributed by atoms with Gasteiger partial charge < -0.3 is 9.64 Å². The fourth-order valence-corrected chi connectivity index (χ4v) is 3.12. The van der Waals surface area contributed by atoms with Crippen molar-refractivity contribution in [3.05, 3.63) is 16.7 Å². The van der Waals surface area contributed by atoms with Gasteiger partial charge in [0.05, 0.1) is 6.54 Å². The molecule has 0 saturated heterocycles. The van der Waals surface area contributed by atoms with E-state index >= 15 is 0 Å². The topological polar surface area (TPSA) is 25.4 Å². The summed E-state index contributed by atoms with van der Waals surface area (Å²) in [4.78, 5) is 6.89. The normalized spacial score (nSPS) is 20.2. The first kappa shape index (κ1) is 11.3. The van der Waals surface area contributed by atoms with Gasteiger partial charge in [-0.1, -0.05) is 12.8 Å². The zero-order valence-electron chi connectivity index (χ0n) is 9.86. The van der Waals surface area contributed by atoms with E-state index in [1.54, 1.807) is 0 Å². The van der Waals surface area contributed by atoms with E-state index in [1.807, 2.05) is 12.3 Å². The Labute approximate surface area is 110 Å². The minimum Gasteiger partial charge on any atom is -0.488 e. The third kappa shape index (κ3) is 2.41. The molecule has 1 aromatic rings. The molecule has 0 N–H and O–H groups in total. The SMILES string of the molecule is Brc1cnc2c(c1)OCCN2CC1CCCC1. The van der Waals surface area contributed by atoms with Gasteiger partial charge in [-0.25, -0.2) is 4.98 Å². The third-order valence-corrected chi connectivity index (χ3v) is 4.10. The van der Waals surface area contributed by atoms with Crippen LogP contribution >= 0.6 is 15.9 Å². The second kappa shape index (κ2) is 4.84. The molecule has 2 heterocycles. The molecule has 2 aliphatic rings. The third-order valence-electron chi connectivity index (χ3n) is 3.67. The minimum absolute atomic E-state index is 0.776. The van der Waals surface area contributed by atoms with Crippen molar-refractivity contribution in [1.82, 2.24) is 4.98 Å². The lowest BCUT2D eigenvalue weighted by atomic mass is 10.1. The Balaban J connectivity index is 1.78. The number of pyridine rings is 1. The number of aromatic nitrogens is 1. The smallest absolute Gasteiger partial charge is 0.171 e. The number of nitrogens with zero attached hydrogens (tertiary/aromatic N) is 2. The molecule has 0 unspecified atom stereocenters. The van der Waals surface area contributed by atoms with Crippen LogP contribution in [0, 0.1) is 5.92 Å². The predicted octanol–water partition coefficient (Wildman–Crippen LogP) is 3.23. The minimum atomic E-state index is 0.776. The van der Waals surface area contributed by atoms with E-state index in [9.17, 15) is 0 Å². The second-order valence-electron chi connectivity index (χ2n) is 4.92. The molecule has 3 nitrogen and oxygen atoms in total. The average Bonchev–Trinajstić information content (AvgIpc) is 2.82. The number of fused-ring (bicyclic) bond motifs is 1. The van der Waals surface area contributed by atoms with E-state index in [4.69, 9.17) is 4.74 Å². The highest BCUT2D eigenvalue weighted by atomic mass is 79.9. The summed E-state index contributed by atoms with van der Waals surface area (Å²) in [5.41, 5.74) is 0. The lowest BCUT2D eigenvalue weighted by molar-refractivity contribution is 0.300. The molecule has 0 bridgehead atoms. The van der Waals surface area contributed by atoms with Gasteiger partial charge in [-0.3, -0.25) is 0 Å². The molecule has 1 fully saturated rings. The first-order valence-corrected chi connectivity index (χ1v) is 7.15. The van der Waals surface area contributed by atoms with Gasteiger partial charge in [0, 0.05) is 17.2 Å². The molecule has 4 heteroatoms. The summed E-state index contributed by atoms with van der Waals surface area (Å²) in [5, 5.41) is 0. The van der Waals surface area contributed by atoms with Crippen LogP contribution in [0.2, 0.25) is 0 Å². The Morgan fingerprint density at radius 3 is 3.06 bits per heavy atom. The molecule has 0 aromatic carbocycles. The molecule has 17 heavy (non-hydrogen) atoms. The molecule has 0 amide bonds. The van der Waals surface area contributed by atoms with Crippen LogP contribution in [0.25, 0.3) is 0 Å². The lowest BCUT2D eigenvalue weighted by Crippen LogP contribution is -2.36. The second-order valence-corrected chi connectivity index (χ2v) is 5.84. The molecule has 0 spiro atoms. The van der Waals surface area contributed by atoms with E-state index in [0.717, 1.165) is 41.7 Å². The van der Waals surface area contributed by atoms with E-state index in [2.05, 4.69) is 25.8 Å². The number of anilines is 1. The molecule has 0 atom stereocenters. The van der Waals surface area contributed by atoms with Crippen molar-refractivity contribution in [3.63, 3.8) is 0 Å². The molecule has 1 aliphatic heterocycles. The number of hydrogen-bond acceptors (Lipinski definition) is 3. The average molecular weight is 297 g/mol. The van der Waals surface area contributed by atoms with Gasteiger partial charge in [0.25, 0.3) is 0 Å². The molecular weight excluding hydrogens is 280 g/mol. The summed E-state index contributed by atoms with van der Waals surface area (Å²) in [5.74, 6) is 2.79. The molecule has 92 valence electrons.